The summed E-state index contributed by atoms with van der Waals surface area (Å²) in [5, 5.41) is 0.580. The maximum absolute atomic E-state index is 12.1. The van der Waals surface area contributed by atoms with Gasteiger partial charge in [-0.2, -0.15) is 0 Å². The van der Waals surface area contributed by atoms with Crippen molar-refractivity contribution in [2.75, 3.05) is 44.2 Å². The summed E-state index contributed by atoms with van der Waals surface area (Å²) in [4.78, 5) is 16.9. The minimum absolute atomic E-state index is 0.0710. The Morgan fingerprint density at radius 3 is 2.46 bits per heavy atom. The standard InChI is InChI=1S/C21H22N2O3/c24-19-16-21(26-20-9-5-4-8-18(19)20)25-15-14-22-10-12-23(13-11-22)17-6-2-1-3-7-17/h1-9,16H,10-15H2. The molecule has 0 atom stereocenters. The summed E-state index contributed by atoms with van der Waals surface area (Å²) < 4.78 is 11.3. The highest BCUT2D eigenvalue weighted by atomic mass is 16.6. The summed E-state index contributed by atoms with van der Waals surface area (Å²) >= 11 is 0. The van der Waals surface area contributed by atoms with Crippen LogP contribution >= 0.6 is 0 Å². The Morgan fingerprint density at radius 2 is 1.65 bits per heavy atom. The van der Waals surface area contributed by atoms with Gasteiger partial charge in [-0.3, -0.25) is 9.69 Å². The number of benzene rings is 2. The predicted octanol–water partition coefficient (Wildman–Crippen LogP) is 2.99. The van der Waals surface area contributed by atoms with Crippen LogP contribution < -0.4 is 15.1 Å². The van der Waals surface area contributed by atoms with E-state index in [0.29, 0.717) is 17.6 Å². The van der Waals surface area contributed by atoms with Crippen LogP contribution in [-0.4, -0.2) is 44.2 Å². The number of para-hydroxylation sites is 2. The molecular weight excluding hydrogens is 328 g/mol. The highest BCUT2D eigenvalue weighted by Gasteiger charge is 2.17. The second kappa shape index (κ2) is 7.62. The van der Waals surface area contributed by atoms with E-state index in [0.717, 1.165) is 32.7 Å². The first-order valence-corrected chi connectivity index (χ1v) is 8.98. The topological polar surface area (TPSA) is 45.9 Å². The second-order valence-electron chi connectivity index (χ2n) is 6.44. The SMILES string of the molecule is O=c1cc(OCCN2CCN(c3ccccc3)CC2)oc2ccccc12. The van der Waals surface area contributed by atoms with E-state index in [1.54, 1.807) is 12.1 Å². The molecule has 0 N–H and O–H groups in total. The van der Waals surface area contributed by atoms with Crippen LogP contribution in [0.25, 0.3) is 11.0 Å². The zero-order valence-electron chi connectivity index (χ0n) is 14.6. The van der Waals surface area contributed by atoms with E-state index in [4.69, 9.17) is 9.15 Å². The molecule has 2 aromatic carbocycles. The number of nitrogens with zero attached hydrogens (tertiary/aromatic N) is 2. The van der Waals surface area contributed by atoms with Crippen LogP contribution in [0.1, 0.15) is 0 Å². The second-order valence-corrected chi connectivity index (χ2v) is 6.44. The van der Waals surface area contributed by atoms with Crippen molar-refractivity contribution in [3.63, 3.8) is 0 Å². The van der Waals surface area contributed by atoms with E-state index in [-0.39, 0.29) is 11.4 Å². The van der Waals surface area contributed by atoms with Crippen LogP contribution in [0.3, 0.4) is 0 Å². The molecule has 5 nitrogen and oxygen atoms in total. The quantitative estimate of drug-likeness (QED) is 0.708. The molecule has 0 unspecified atom stereocenters. The first-order chi connectivity index (χ1) is 12.8. The largest absolute Gasteiger partial charge is 0.464 e. The van der Waals surface area contributed by atoms with E-state index in [2.05, 4.69) is 34.1 Å². The number of rotatable bonds is 5. The van der Waals surface area contributed by atoms with Gasteiger partial charge in [-0.05, 0) is 24.3 Å². The van der Waals surface area contributed by atoms with E-state index < -0.39 is 0 Å². The first kappa shape index (κ1) is 16.7. The summed E-state index contributed by atoms with van der Waals surface area (Å²) in [5.41, 5.74) is 1.77. The molecular formula is C21H22N2O3. The average Bonchev–Trinajstić information content (AvgIpc) is 2.69. The van der Waals surface area contributed by atoms with Crippen molar-refractivity contribution >= 4 is 16.7 Å². The minimum Gasteiger partial charge on any atom is -0.464 e. The number of fused-ring (bicyclic) bond motifs is 1. The van der Waals surface area contributed by atoms with Gasteiger partial charge in [-0.25, -0.2) is 0 Å². The van der Waals surface area contributed by atoms with Crippen LogP contribution in [0.4, 0.5) is 5.69 Å². The van der Waals surface area contributed by atoms with Gasteiger partial charge >= 0.3 is 0 Å². The van der Waals surface area contributed by atoms with Gasteiger partial charge in [0.15, 0.2) is 5.43 Å². The molecule has 0 aliphatic carbocycles. The summed E-state index contributed by atoms with van der Waals surface area (Å²) in [6.45, 7) is 5.34. The third-order valence-electron chi connectivity index (χ3n) is 4.76. The lowest BCUT2D eigenvalue weighted by Gasteiger charge is -2.35. The lowest BCUT2D eigenvalue weighted by molar-refractivity contribution is 0.177. The van der Waals surface area contributed by atoms with Gasteiger partial charge in [0, 0.05) is 38.4 Å². The molecule has 1 aliphatic heterocycles. The van der Waals surface area contributed by atoms with Gasteiger partial charge in [-0.15, -0.1) is 0 Å². The zero-order chi connectivity index (χ0) is 17.8. The number of ether oxygens (including phenoxy) is 1. The Hall–Kier alpha value is -2.79. The molecule has 1 aliphatic rings. The van der Waals surface area contributed by atoms with Crippen molar-refractivity contribution < 1.29 is 9.15 Å². The van der Waals surface area contributed by atoms with Gasteiger partial charge in [0.25, 0.3) is 5.95 Å². The fourth-order valence-electron chi connectivity index (χ4n) is 3.30. The Balaban J connectivity index is 1.29. The average molecular weight is 350 g/mol. The van der Waals surface area contributed by atoms with Crippen LogP contribution in [0.5, 0.6) is 5.95 Å². The summed E-state index contributed by atoms with van der Waals surface area (Å²) in [6.07, 6.45) is 0. The molecule has 0 saturated carbocycles. The van der Waals surface area contributed by atoms with Crippen molar-refractivity contribution in [1.82, 2.24) is 4.90 Å². The van der Waals surface area contributed by atoms with Crippen LogP contribution in [0, 0.1) is 0 Å². The third-order valence-corrected chi connectivity index (χ3v) is 4.76. The number of hydrogen-bond acceptors (Lipinski definition) is 5. The molecule has 1 aromatic heterocycles. The molecule has 26 heavy (non-hydrogen) atoms. The van der Waals surface area contributed by atoms with E-state index >= 15 is 0 Å². The van der Waals surface area contributed by atoms with Crippen LogP contribution in [0.15, 0.2) is 69.9 Å². The first-order valence-electron chi connectivity index (χ1n) is 8.98. The van der Waals surface area contributed by atoms with Gasteiger partial charge in [0.2, 0.25) is 0 Å². The van der Waals surface area contributed by atoms with Crippen LogP contribution in [0.2, 0.25) is 0 Å². The van der Waals surface area contributed by atoms with E-state index in [9.17, 15) is 4.79 Å². The molecule has 2 heterocycles. The molecule has 1 fully saturated rings. The molecule has 1 saturated heterocycles. The number of anilines is 1. The fourth-order valence-corrected chi connectivity index (χ4v) is 3.30. The lowest BCUT2D eigenvalue weighted by atomic mass is 10.2. The number of piperazine rings is 1. The zero-order valence-corrected chi connectivity index (χ0v) is 14.6. The summed E-state index contributed by atoms with van der Waals surface area (Å²) in [6, 6.07) is 19.2. The maximum Gasteiger partial charge on any atom is 0.288 e. The van der Waals surface area contributed by atoms with Crippen molar-refractivity contribution in [2.24, 2.45) is 0 Å². The minimum atomic E-state index is -0.0710. The Bertz CT molecular complexity index is 915. The molecule has 0 amide bonds. The molecule has 4 rings (SSSR count). The third kappa shape index (κ3) is 3.73. The predicted molar refractivity (Wildman–Crippen MR) is 103 cm³/mol. The van der Waals surface area contributed by atoms with E-state index in [1.807, 2.05) is 18.2 Å². The van der Waals surface area contributed by atoms with Crippen molar-refractivity contribution in [2.45, 2.75) is 0 Å². The molecule has 5 heteroatoms. The molecule has 0 bridgehead atoms. The van der Waals surface area contributed by atoms with Gasteiger partial charge in [0.05, 0.1) is 11.5 Å². The Labute approximate surface area is 152 Å². The molecule has 0 radical (unpaired) electrons. The van der Waals surface area contributed by atoms with Gasteiger partial charge < -0.3 is 14.1 Å². The van der Waals surface area contributed by atoms with Gasteiger partial charge in [0.1, 0.15) is 12.2 Å². The molecule has 3 aromatic rings. The smallest absolute Gasteiger partial charge is 0.288 e. The highest BCUT2D eigenvalue weighted by molar-refractivity contribution is 5.76. The lowest BCUT2D eigenvalue weighted by Crippen LogP contribution is -2.47. The van der Waals surface area contributed by atoms with Crippen molar-refractivity contribution in [3.05, 3.63) is 70.9 Å². The van der Waals surface area contributed by atoms with Crippen LogP contribution in [-0.2, 0) is 0 Å². The van der Waals surface area contributed by atoms with E-state index in [1.165, 1.54) is 11.8 Å². The number of hydrogen-bond donors (Lipinski definition) is 0. The molecule has 0 spiro atoms. The summed E-state index contributed by atoms with van der Waals surface area (Å²) in [5.74, 6) is 0.289. The Kier molecular flexibility index (Phi) is 4.88. The monoisotopic (exact) mass is 350 g/mol. The fraction of sp³-hybridized carbons (Fsp3) is 0.286. The Morgan fingerprint density at radius 1 is 0.923 bits per heavy atom. The van der Waals surface area contributed by atoms with Gasteiger partial charge in [-0.1, -0.05) is 30.3 Å². The maximum atomic E-state index is 12.1. The normalized spacial score (nSPS) is 15.3. The molecule has 134 valence electrons. The summed E-state index contributed by atoms with van der Waals surface area (Å²) in [7, 11) is 0. The van der Waals surface area contributed by atoms with Crippen molar-refractivity contribution in [1.29, 1.82) is 0 Å². The highest BCUT2D eigenvalue weighted by Crippen LogP contribution is 2.18. The van der Waals surface area contributed by atoms with Crippen molar-refractivity contribution in [3.8, 4) is 5.95 Å².